The first-order chi connectivity index (χ1) is 13.7. The Morgan fingerprint density at radius 3 is 1.93 bits per heavy atom. The van der Waals surface area contributed by atoms with E-state index < -0.39 is 5.97 Å². The van der Waals surface area contributed by atoms with Crippen molar-refractivity contribution in [3.63, 3.8) is 0 Å². The molecule has 142 valence electrons. The Balaban J connectivity index is 1.60. The summed E-state index contributed by atoms with van der Waals surface area (Å²) < 4.78 is 10.5. The highest BCUT2D eigenvalue weighted by Gasteiger charge is 2.11. The summed E-state index contributed by atoms with van der Waals surface area (Å²) in [4.78, 5) is 24.2. The van der Waals surface area contributed by atoms with Crippen LogP contribution in [0.5, 0.6) is 5.75 Å². The molecular formula is C24H22O4. The molecule has 0 aliphatic rings. The normalized spacial score (nSPS) is 10.3. The SMILES string of the molecule is CCCCOC(=O)c1ccc(OC(=O)c2ccc(-c3ccccc3)cc2)cc1. The Morgan fingerprint density at radius 1 is 0.714 bits per heavy atom. The third-order valence-electron chi connectivity index (χ3n) is 4.26. The lowest BCUT2D eigenvalue weighted by atomic mass is 10.0. The van der Waals surface area contributed by atoms with Gasteiger partial charge in [0.1, 0.15) is 5.75 Å². The minimum absolute atomic E-state index is 0.372. The van der Waals surface area contributed by atoms with E-state index in [4.69, 9.17) is 9.47 Å². The van der Waals surface area contributed by atoms with E-state index in [1.807, 2.05) is 49.4 Å². The number of hydrogen-bond donors (Lipinski definition) is 0. The van der Waals surface area contributed by atoms with Gasteiger partial charge in [-0.3, -0.25) is 0 Å². The van der Waals surface area contributed by atoms with Gasteiger partial charge in [0.25, 0.3) is 0 Å². The van der Waals surface area contributed by atoms with E-state index in [1.165, 1.54) is 0 Å². The van der Waals surface area contributed by atoms with Crippen LogP contribution in [0, 0.1) is 0 Å². The van der Waals surface area contributed by atoms with Gasteiger partial charge in [-0.15, -0.1) is 0 Å². The fourth-order valence-electron chi connectivity index (χ4n) is 2.65. The van der Waals surface area contributed by atoms with Crippen molar-refractivity contribution in [2.24, 2.45) is 0 Å². The third kappa shape index (κ3) is 5.07. The molecule has 0 aromatic heterocycles. The van der Waals surface area contributed by atoms with Gasteiger partial charge in [-0.2, -0.15) is 0 Å². The van der Waals surface area contributed by atoms with Crippen molar-refractivity contribution in [3.05, 3.63) is 90.0 Å². The number of carbonyl (C=O) groups excluding carboxylic acids is 2. The van der Waals surface area contributed by atoms with Gasteiger partial charge in [0.05, 0.1) is 17.7 Å². The smallest absolute Gasteiger partial charge is 0.343 e. The molecule has 0 saturated carbocycles. The molecule has 4 nitrogen and oxygen atoms in total. The van der Waals surface area contributed by atoms with Crippen molar-refractivity contribution in [1.82, 2.24) is 0 Å². The largest absolute Gasteiger partial charge is 0.462 e. The lowest BCUT2D eigenvalue weighted by molar-refractivity contribution is 0.0499. The molecule has 0 amide bonds. The lowest BCUT2D eigenvalue weighted by Gasteiger charge is -2.07. The summed E-state index contributed by atoms with van der Waals surface area (Å²) in [7, 11) is 0. The van der Waals surface area contributed by atoms with Crippen molar-refractivity contribution in [1.29, 1.82) is 0 Å². The van der Waals surface area contributed by atoms with Crippen molar-refractivity contribution in [2.45, 2.75) is 19.8 Å². The van der Waals surface area contributed by atoms with Crippen LogP contribution in [-0.4, -0.2) is 18.5 Å². The van der Waals surface area contributed by atoms with Crippen LogP contribution in [0.25, 0.3) is 11.1 Å². The molecule has 28 heavy (non-hydrogen) atoms. The summed E-state index contributed by atoms with van der Waals surface area (Å²) in [6.07, 6.45) is 1.80. The van der Waals surface area contributed by atoms with Gasteiger partial charge in [-0.25, -0.2) is 9.59 Å². The molecule has 3 aromatic carbocycles. The predicted molar refractivity (Wildman–Crippen MR) is 108 cm³/mol. The van der Waals surface area contributed by atoms with E-state index in [1.54, 1.807) is 36.4 Å². The van der Waals surface area contributed by atoms with Crippen molar-refractivity contribution < 1.29 is 19.1 Å². The van der Waals surface area contributed by atoms with E-state index in [2.05, 4.69) is 0 Å². The maximum Gasteiger partial charge on any atom is 0.343 e. The summed E-state index contributed by atoms with van der Waals surface area (Å²) in [6, 6.07) is 23.6. The van der Waals surface area contributed by atoms with Gasteiger partial charge in [0.2, 0.25) is 0 Å². The first-order valence-corrected chi connectivity index (χ1v) is 9.32. The van der Waals surface area contributed by atoms with Crippen LogP contribution < -0.4 is 4.74 Å². The van der Waals surface area contributed by atoms with Gasteiger partial charge in [-0.05, 0) is 53.9 Å². The Hall–Kier alpha value is -3.40. The molecule has 3 rings (SSSR count). The summed E-state index contributed by atoms with van der Waals surface area (Å²) >= 11 is 0. The average Bonchev–Trinajstić information content (AvgIpc) is 2.75. The zero-order valence-electron chi connectivity index (χ0n) is 15.8. The van der Waals surface area contributed by atoms with Gasteiger partial charge < -0.3 is 9.47 Å². The number of unbranched alkanes of at least 4 members (excludes halogenated alkanes) is 1. The molecule has 0 bridgehead atoms. The molecule has 0 saturated heterocycles. The molecule has 0 fully saturated rings. The van der Waals surface area contributed by atoms with Gasteiger partial charge >= 0.3 is 11.9 Å². The number of ether oxygens (including phenoxy) is 2. The Morgan fingerprint density at radius 2 is 1.29 bits per heavy atom. The second kappa shape index (κ2) is 9.51. The van der Waals surface area contributed by atoms with Crippen LogP contribution in [0.15, 0.2) is 78.9 Å². The molecule has 0 atom stereocenters. The van der Waals surface area contributed by atoms with Crippen LogP contribution in [0.4, 0.5) is 0 Å². The minimum atomic E-state index is -0.446. The summed E-state index contributed by atoms with van der Waals surface area (Å²) in [6.45, 7) is 2.44. The van der Waals surface area contributed by atoms with Gasteiger partial charge in [-0.1, -0.05) is 55.8 Å². The molecule has 0 spiro atoms. The highest BCUT2D eigenvalue weighted by atomic mass is 16.5. The van der Waals surface area contributed by atoms with E-state index in [-0.39, 0.29) is 5.97 Å². The zero-order chi connectivity index (χ0) is 19.8. The van der Waals surface area contributed by atoms with Crippen LogP contribution >= 0.6 is 0 Å². The first-order valence-electron chi connectivity index (χ1n) is 9.32. The predicted octanol–water partition coefficient (Wildman–Crippen LogP) is 5.53. The Bertz CT molecular complexity index is 913. The molecule has 0 aliphatic carbocycles. The molecule has 0 heterocycles. The van der Waals surface area contributed by atoms with Crippen molar-refractivity contribution in [3.8, 4) is 16.9 Å². The van der Waals surface area contributed by atoms with Gasteiger partial charge in [0.15, 0.2) is 0 Å². The van der Waals surface area contributed by atoms with Gasteiger partial charge in [0, 0.05) is 0 Å². The third-order valence-corrected chi connectivity index (χ3v) is 4.26. The Labute approximate surface area is 164 Å². The number of hydrogen-bond acceptors (Lipinski definition) is 4. The second-order valence-electron chi connectivity index (χ2n) is 6.35. The number of carbonyl (C=O) groups is 2. The second-order valence-corrected chi connectivity index (χ2v) is 6.35. The van der Waals surface area contributed by atoms with E-state index in [9.17, 15) is 9.59 Å². The molecule has 0 radical (unpaired) electrons. The number of benzene rings is 3. The summed E-state index contributed by atoms with van der Waals surface area (Å²) in [5.41, 5.74) is 3.01. The van der Waals surface area contributed by atoms with Crippen LogP contribution in [0.1, 0.15) is 40.5 Å². The minimum Gasteiger partial charge on any atom is -0.462 e. The summed E-state index contributed by atoms with van der Waals surface area (Å²) in [5, 5.41) is 0. The van der Waals surface area contributed by atoms with E-state index >= 15 is 0 Å². The molecule has 0 N–H and O–H groups in total. The van der Waals surface area contributed by atoms with Crippen molar-refractivity contribution in [2.75, 3.05) is 6.61 Å². The molecular weight excluding hydrogens is 352 g/mol. The van der Waals surface area contributed by atoms with Crippen LogP contribution in [0.2, 0.25) is 0 Å². The standard InChI is InChI=1S/C24H22O4/c1-2-3-17-27-23(25)20-13-15-22(16-14-20)28-24(26)21-11-9-19(10-12-21)18-7-5-4-6-8-18/h4-16H,2-3,17H2,1H3. The first kappa shape index (κ1) is 19.4. The number of esters is 2. The Kier molecular flexibility index (Phi) is 6.58. The number of rotatable bonds is 7. The lowest BCUT2D eigenvalue weighted by Crippen LogP contribution is -2.09. The topological polar surface area (TPSA) is 52.6 Å². The van der Waals surface area contributed by atoms with Crippen LogP contribution in [-0.2, 0) is 4.74 Å². The highest BCUT2D eigenvalue weighted by Crippen LogP contribution is 2.20. The molecule has 0 unspecified atom stereocenters. The van der Waals surface area contributed by atoms with Crippen molar-refractivity contribution >= 4 is 11.9 Å². The highest BCUT2D eigenvalue weighted by molar-refractivity contribution is 5.92. The maximum atomic E-state index is 12.3. The maximum absolute atomic E-state index is 12.3. The van der Waals surface area contributed by atoms with E-state index in [0.717, 1.165) is 24.0 Å². The van der Waals surface area contributed by atoms with E-state index in [0.29, 0.717) is 23.5 Å². The zero-order valence-corrected chi connectivity index (χ0v) is 15.8. The monoisotopic (exact) mass is 374 g/mol. The summed E-state index contributed by atoms with van der Waals surface area (Å²) in [5.74, 6) is -0.442. The molecule has 4 heteroatoms. The average molecular weight is 374 g/mol. The quantitative estimate of drug-likeness (QED) is 0.310. The fraction of sp³-hybridized carbons (Fsp3) is 0.167. The molecule has 3 aromatic rings. The van der Waals surface area contributed by atoms with Crippen LogP contribution in [0.3, 0.4) is 0 Å². The fourth-order valence-corrected chi connectivity index (χ4v) is 2.65. The molecule has 0 aliphatic heterocycles.